The Balaban J connectivity index is 2.99. The first kappa shape index (κ1) is 10.3. The molecule has 1 aromatic carbocycles. The molecule has 0 aromatic heterocycles. The lowest BCUT2D eigenvalue weighted by molar-refractivity contribution is 0.490. The average Bonchev–Trinajstić information content (AvgIpc) is 1.94. The number of benzene rings is 1. The predicted molar refractivity (Wildman–Crippen MR) is 51.4 cm³/mol. The van der Waals surface area contributed by atoms with E-state index < -0.39 is 10.3 Å². The summed E-state index contributed by atoms with van der Waals surface area (Å²) >= 11 is 5.73. The van der Waals surface area contributed by atoms with Gasteiger partial charge < -0.3 is 0 Å². The van der Waals surface area contributed by atoms with Gasteiger partial charge in [-0.1, -0.05) is 17.7 Å². The Hall–Kier alpha value is -0.780. The highest BCUT2D eigenvalue weighted by molar-refractivity contribution is 7.87. The highest BCUT2D eigenvalue weighted by Gasteiger charge is 2.04. The Morgan fingerprint density at radius 3 is 2.54 bits per heavy atom. The van der Waals surface area contributed by atoms with Gasteiger partial charge in [0.15, 0.2) is 0 Å². The van der Waals surface area contributed by atoms with Gasteiger partial charge in [-0.25, -0.2) is 0 Å². The molecule has 0 atom stereocenters. The summed E-state index contributed by atoms with van der Waals surface area (Å²) in [6, 6.07) is 4.58. The smallest absolute Gasteiger partial charge is 0.269 e. The minimum atomic E-state index is -4.22. The van der Waals surface area contributed by atoms with Crippen LogP contribution in [0.3, 0.4) is 0 Å². The second kappa shape index (κ2) is 3.53. The lowest BCUT2D eigenvalue weighted by Gasteiger charge is -2.03. The second-order valence-electron chi connectivity index (χ2n) is 2.54. The van der Waals surface area contributed by atoms with Gasteiger partial charge in [0.25, 0.3) is 0 Å². The molecule has 6 heteroatoms. The van der Waals surface area contributed by atoms with Gasteiger partial charge in [0, 0.05) is 5.02 Å². The third-order valence-corrected chi connectivity index (χ3v) is 2.32. The molecule has 0 unspecified atom stereocenters. The van der Waals surface area contributed by atoms with Crippen LogP contribution >= 0.6 is 11.6 Å². The molecule has 0 saturated carbocycles. The van der Waals surface area contributed by atoms with Crippen LogP contribution in [-0.4, -0.2) is 13.0 Å². The van der Waals surface area contributed by atoms with Crippen LogP contribution in [0.15, 0.2) is 18.2 Å². The van der Waals surface area contributed by atoms with Gasteiger partial charge >= 0.3 is 10.3 Å². The van der Waals surface area contributed by atoms with Crippen molar-refractivity contribution in [3.8, 4) is 0 Å². The van der Waals surface area contributed by atoms with E-state index in [1.54, 1.807) is 13.0 Å². The summed E-state index contributed by atoms with van der Waals surface area (Å²) in [6.07, 6.45) is 0. The molecule has 0 aliphatic heterocycles. The second-order valence-corrected chi connectivity index (χ2v) is 4.10. The molecule has 0 bridgehead atoms. The molecule has 0 spiro atoms. The van der Waals surface area contributed by atoms with E-state index in [4.69, 9.17) is 16.2 Å². The molecule has 0 amide bonds. The summed E-state index contributed by atoms with van der Waals surface area (Å²) < 4.78 is 31.1. The molecule has 72 valence electrons. The summed E-state index contributed by atoms with van der Waals surface area (Å²) in [7, 11) is -4.22. The molecule has 13 heavy (non-hydrogen) atoms. The monoisotopic (exact) mass is 221 g/mol. The van der Waals surface area contributed by atoms with Gasteiger partial charge in [-0.3, -0.25) is 9.27 Å². The van der Waals surface area contributed by atoms with E-state index >= 15 is 0 Å². The first-order valence-corrected chi connectivity index (χ1v) is 5.22. The Morgan fingerprint density at radius 2 is 2.08 bits per heavy atom. The van der Waals surface area contributed by atoms with Crippen LogP contribution in [0.4, 0.5) is 5.69 Å². The molecule has 4 nitrogen and oxygen atoms in total. The topological polar surface area (TPSA) is 66.4 Å². The van der Waals surface area contributed by atoms with Gasteiger partial charge in [-0.15, -0.1) is 0 Å². The summed E-state index contributed by atoms with van der Waals surface area (Å²) in [5.41, 5.74) is 1.07. The van der Waals surface area contributed by atoms with Crippen molar-refractivity contribution >= 4 is 27.6 Å². The quantitative estimate of drug-likeness (QED) is 0.750. The number of anilines is 1. The largest absolute Gasteiger partial charge is 0.357 e. The fourth-order valence-corrected chi connectivity index (χ4v) is 1.41. The fraction of sp³-hybridized carbons (Fsp3) is 0.143. The van der Waals surface area contributed by atoms with Crippen molar-refractivity contribution in [2.24, 2.45) is 0 Å². The van der Waals surface area contributed by atoms with E-state index in [0.29, 0.717) is 5.02 Å². The van der Waals surface area contributed by atoms with E-state index in [9.17, 15) is 8.42 Å². The Labute approximate surface area is 81.4 Å². The van der Waals surface area contributed by atoms with Crippen molar-refractivity contribution < 1.29 is 13.0 Å². The van der Waals surface area contributed by atoms with Crippen molar-refractivity contribution in [1.29, 1.82) is 0 Å². The van der Waals surface area contributed by atoms with E-state index in [1.807, 2.05) is 4.72 Å². The summed E-state index contributed by atoms with van der Waals surface area (Å²) in [5, 5.41) is 0.439. The van der Waals surface area contributed by atoms with Crippen molar-refractivity contribution in [3.63, 3.8) is 0 Å². The number of aryl methyl sites for hydroxylation is 1. The predicted octanol–water partition coefficient (Wildman–Crippen LogP) is 1.86. The van der Waals surface area contributed by atoms with E-state index in [-0.39, 0.29) is 5.69 Å². The summed E-state index contributed by atoms with van der Waals surface area (Å²) in [5.74, 6) is 0. The molecule has 0 saturated heterocycles. The standard InChI is InChI=1S/C7H8ClNO3S/c1-5-2-3-6(4-7(5)8)9-13(10,11)12/h2-4,9H,1H3,(H,10,11,12). The SMILES string of the molecule is Cc1ccc(NS(=O)(=O)O)cc1Cl. The van der Waals surface area contributed by atoms with Gasteiger partial charge in [0.2, 0.25) is 0 Å². The maximum absolute atomic E-state index is 10.4. The van der Waals surface area contributed by atoms with Crippen LogP contribution in [0.25, 0.3) is 0 Å². The third kappa shape index (κ3) is 3.22. The molecular weight excluding hydrogens is 214 g/mol. The lowest BCUT2D eigenvalue weighted by Crippen LogP contribution is -2.10. The molecule has 1 aromatic rings. The molecule has 0 fully saturated rings. The summed E-state index contributed by atoms with van der Waals surface area (Å²) in [4.78, 5) is 0. The zero-order valence-electron chi connectivity index (χ0n) is 6.78. The van der Waals surface area contributed by atoms with Crippen LogP contribution in [0.5, 0.6) is 0 Å². The van der Waals surface area contributed by atoms with E-state index in [2.05, 4.69) is 0 Å². The highest BCUT2D eigenvalue weighted by atomic mass is 35.5. The zero-order chi connectivity index (χ0) is 10.1. The van der Waals surface area contributed by atoms with Crippen LogP contribution in [-0.2, 0) is 10.3 Å². The Morgan fingerprint density at radius 1 is 1.46 bits per heavy atom. The average molecular weight is 222 g/mol. The summed E-state index contributed by atoms with van der Waals surface area (Å²) in [6.45, 7) is 1.79. The van der Waals surface area contributed by atoms with Gasteiger partial charge in [0.05, 0.1) is 5.69 Å². The number of hydrogen-bond donors (Lipinski definition) is 2. The normalized spacial score (nSPS) is 11.3. The van der Waals surface area contributed by atoms with E-state index in [0.717, 1.165) is 5.56 Å². The molecule has 0 heterocycles. The van der Waals surface area contributed by atoms with Gasteiger partial charge in [0.1, 0.15) is 0 Å². The van der Waals surface area contributed by atoms with Crippen LogP contribution in [0.2, 0.25) is 5.02 Å². The first-order chi connectivity index (χ1) is 5.88. The molecule has 2 N–H and O–H groups in total. The van der Waals surface area contributed by atoms with Gasteiger partial charge in [-0.05, 0) is 24.6 Å². The first-order valence-electron chi connectivity index (χ1n) is 3.40. The number of rotatable bonds is 2. The zero-order valence-corrected chi connectivity index (χ0v) is 8.35. The van der Waals surface area contributed by atoms with Crippen LogP contribution in [0, 0.1) is 6.92 Å². The number of nitrogens with one attached hydrogen (secondary N) is 1. The van der Waals surface area contributed by atoms with Crippen molar-refractivity contribution in [2.75, 3.05) is 4.72 Å². The minimum Gasteiger partial charge on any atom is -0.269 e. The fourth-order valence-electron chi connectivity index (χ4n) is 0.805. The number of halogens is 1. The Bertz CT molecular complexity index is 416. The maximum Gasteiger partial charge on any atom is 0.357 e. The lowest BCUT2D eigenvalue weighted by atomic mass is 10.2. The van der Waals surface area contributed by atoms with Crippen LogP contribution in [0.1, 0.15) is 5.56 Å². The molecule has 1 rings (SSSR count). The third-order valence-electron chi connectivity index (χ3n) is 1.42. The highest BCUT2D eigenvalue weighted by Crippen LogP contribution is 2.20. The van der Waals surface area contributed by atoms with Gasteiger partial charge in [-0.2, -0.15) is 8.42 Å². The minimum absolute atomic E-state index is 0.234. The van der Waals surface area contributed by atoms with E-state index in [1.165, 1.54) is 12.1 Å². The molecule has 0 aliphatic rings. The molecular formula is C7H8ClNO3S. The maximum atomic E-state index is 10.4. The molecule has 0 radical (unpaired) electrons. The Kier molecular flexibility index (Phi) is 2.80. The van der Waals surface area contributed by atoms with Crippen molar-refractivity contribution in [1.82, 2.24) is 0 Å². The van der Waals surface area contributed by atoms with Crippen molar-refractivity contribution in [3.05, 3.63) is 28.8 Å². The van der Waals surface area contributed by atoms with Crippen LogP contribution < -0.4 is 4.72 Å². The molecule has 0 aliphatic carbocycles. The van der Waals surface area contributed by atoms with Crippen molar-refractivity contribution in [2.45, 2.75) is 6.92 Å². The number of hydrogen-bond acceptors (Lipinski definition) is 2.